The molecule has 2 aromatic carbocycles. The van der Waals surface area contributed by atoms with Crippen molar-refractivity contribution in [1.82, 2.24) is 0 Å². The van der Waals surface area contributed by atoms with Crippen molar-refractivity contribution in [3.8, 4) is 0 Å². The molecule has 1 nitrogen and oxygen atoms in total. The van der Waals surface area contributed by atoms with Crippen LogP contribution in [0.1, 0.15) is 18.5 Å². The Bertz CT molecular complexity index is 557. The van der Waals surface area contributed by atoms with E-state index in [-0.39, 0.29) is 11.9 Å². The Hall–Kier alpha value is -0.840. The van der Waals surface area contributed by atoms with Gasteiger partial charge in [0, 0.05) is 20.3 Å². The minimum absolute atomic E-state index is 0.00881. The fraction of sp³-hybridized carbons (Fsp3) is 0.143. The molecule has 1 unspecified atom stereocenters. The molecule has 1 atom stereocenters. The highest BCUT2D eigenvalue weighted by Crippen LogP contribution is 2.34. The summed E-state index contributed by atoms with van der Waals surface area (Å²) in [5.41, 5.74) is 6.90. The second-order valence-corrected chi connectivity index (χ2v) is 6.01. The highest BCUT2D eigenvalue weighted by atomic mass is 79.9. The predicted octanol–water partition coefficient (Wildman–Crippen LogP) is 4.76. The lowest BCUT2D eigenvalue weighted by molar-refractivity contribution is 0.624. The van der Waals surface area contributed by atoms with E-state index in [1.807, 2.05) is 31.2 Å². The quantitative estimate of drug-likeness (QED) is 0.880. The Morgan fingerprint density at radius 2 is 2.00 bits per heavy atom. The van der Waals surface area contributed by atoms with Crippen LogP contribution in [0.4, 0.5) is 4.39 Å². The van der Waals surface area contributed by atoms with Crippen molar-refractivity contribution in [2.24, 2.45) is 5.73 Å². The first-order valence-corrected chi connectivity index (χ1v) is 7.15. The number of benzene rings is 2. The lowest BCUT2D eigenvalue weighted by atomic mass is 10.1. The molecule has 0 aliphatic rings. The first-order chi connectivity index (χ1) is 8.56. The van der Waals surface area contributed by atoms with Crippen molar-refractivity contribution < 1.29 is 4.39 Å². The van der Waals surface area contributed by atoms with E-state index in [1.165, 1.54) is 23.9 Å². The third-order valence-corrected chi connectivity index (χ3v) is 4.49. The van der Waals surface area contributed by atoms with Crippen molar-refractivity contribution in [2.75, 3.05) is 0 Å². The topological polar surface area (TPSA) is 26.0 Å². The molecule has 94 valence electrons. The molecule has 0 spiro atoms. The molecule has 0 aliphatic heterocycles. The molecule has 0 aliphatic carbocycles. The molecule has 0 fully saturated rings. The van der Waals surface area contributed by atoms with Crippen molar-refractivity contribution in [2.45, 2.75) is 22.8 Å². The largest absolute Gasteiger partial charge is 0.324 e. The summed E-state index contributed by atoms with van der Waals surface area (Å²) < 4.78 is 14.1. The van der Waals surface area contributed by atoms with E-state index in [1.54, 1.807) is 6.07 Å². The summed E-state index contributed by atoms with van der Waals surface area (Å²) in [5.74, 6) is -0.219. The molecule has 0 radical (unpaired) electrons. The Labute approximate surface area is 119 Å². The smallest absolute Gasteiger partial charge is 0.124 e. The fourth-order valence-corrected chi connectivity index (χ4v) is 3.04. The van der Waals surface area contributed by atoms with Gasteiger partial charge in [-0.05, 0) is 58.7 Å². The highest BCUT2D eigenvalue weighted by Gasteiger charge is 2.06. The number of nitrogens with two attached hydrogens (primary N) is 1. The number of halogens is 2. The Balaban J connectivity index is 2.24. The van der Waals surface area contributed by atoms with Crippen LogP contribution in [0.2, 0.25) is 0 Å². The minimum atomic E-state index is -0.219. The summed E-state index contributed by atoms with van der Waals surface area (Å²) >= 11 is 5.04. The maximum atomic E-state index is 13.1. The van der Waals surface area contributed by atoms with E-state index in [0.717, 1.165) is 19.8 Å². The van der Waals surface area contributed by atoms with Gasteiger partial charge in [-0.1, -0.05) is 23.9 Å². The summed E-state index contributed by atoms with van der Waals surface area (Å²) in [7, 11) is 0. The normalized spacial score (nSPS) is 12.4. The highest BCUT2D eigenvalue weighted by molar-refractivity contribution is 9.10. The van der Waals surface area contributed by atoms with Crippen LogP contribution in [0.5, 0.6) is 0 Å². The van der Waals surface area contributed by atoms with Crippen molar-refractivity contribution in [1.29, 1.82) is 0 Å². The molecule has 2 aromatic rings. The molecule has 0 amide bonds. The van der Waals surface area contributed by atoms with Crippen LogP contribution in [-0.4, -0.2) is 0 Å². The monoisotopic (exact) mass is 325 g/mol. The van der Waals surface area contributed by atoms with Crippen LogP contribution in [0.3, 0.4) is 0 Å². The lowest BCUT2D eigenvalue weighted by Crippen LogP contribution is -2.04. The molecule has 2 N–H and O–H groups in total. The van der Waals surface area contributed by atoms with Gasteiger partial charge in [0.05, 0.1) is 0 Å². The molecular weight excluding hydrogens is 313 g/mol. The summed E-state index contributed by atoms with van der Waals surface area (Å²) in [6, 6.07) is 12.6. The van der Waals surface area contributed by atoms with Crippen LogP contribution in [-0.2, 0) is 0 Å². The van der Waals surface area contributed by atoms with Gasteiger partial charge in [0.15, 0.2) is 0 Å². The summed E-state index contributed by atoms with van der Waals surface area (Å²) in [6.45, 7) is 1.95. The van der Waals surface area contributed by atoms with Gasteiger partial charge >= 0.3 is 0 Å². The second kappa shape index (κ2) is 5.87. The second-order valence-electron chi connectivity index (χ2n) is 4.04. The van der Waals surface area contributed by atoms with E-state index in [9.17, 15) is 4.39 Å². The van der Waals surface area contributed by atoms with E-state index >= 15 is 0 Å². The molecule has 2 rings (SSSR count). The van der Waals surface area contributed by atoms with Crippen LogP contribution in [0.15, 0.2) is 56.7 Å². The maximum Gasteiger partial charge on any atom is 0.124 e. The van der Waals surface area contributed by atoms with Gasteiger partial charge in [-0.2, -0.15) is 0 Å². The molecular formula is C14H13BrFNS. The molecule has 18 heavy (non-hydrogen) atoms. The lowest BCUT2D eigenvalue weighted by Gasteiger charge is -2.09. The van der Waals surface area contributed by atoms with Gasteiger partial charge in [0.1, 0.15) is 5.82 Å². The molecule has 0 bridgehead atoms. The Kier molecular flexibility index (Phi) is 4.43. The van der Waals surface area contributed by atoms with E-state index in [2.05, 4.69) is 15.9 Å². The zero-order chi connectivity index (χ0) is 13.1. The predicted molar refractivity (Wildman–Crippen MR) is 77.3 cm³/mol. The summed E-state index contributed by atoms with van der Waals surface area (Å²) in [6.07, 6.45) is 0. The Morgan fingerprint density at radius 3 is 2.61 bits per heavy atom. The Morgan fingerprint density at radius 1 is 1.22 bits per heavy atom. The van der Waals surface area contributed by atoms with Gasteiger partial charge in [0.2, 0.25) is 0 Å². The molecule has 4 heteroatoms. The summed E-state index contributed by atoms with van der Waals surface area (Å²) in [4.78, 5) is 1.93. The van der Waals surface area contributed by atoms with Gasteiger partial charge in [-0.15, -0.1) is 0 Å². The van der Waals surface area contributed by atoms with E-state index in [0.29, 0.717) is 0 Å². The van der Waals surface area contributed by atoms with Gasteiger partial charge < -0.3 is 5.73 Å². The van der Waals surface area contributed by atoms with Crippen molar-refractivity contribution in [3.05, 3.63) is 58.3 Å². The van der Waals surface area contributed by atoms with Crippen LogP contribution >= 0.6 is 27.7 Å². The van der Waals surface area contributed by atoms with Crippen molar-refractivity contribution in [3.63, 3.8) is 0 Å². The molecule has 0 saturated carbocycles. The van der Waals surface area contributed by atoms with Gasteiger partial charge in [-0.25, -0.2) is 4.39 Å². The van der Waals surface area contributed by atoms with Gasteiger partial charge in [-0.3, -0.25) is 0 Å². The third-order valence-electron chi connectivity index (χ3n) is 2.51. The van der Waals surface area contributed by atoms with E-state index in [4.69, 9.17) is 5.73 Å². The number of hydrogen-bond donors (Lipinski definition) is 1. The number of hydrogen-bond acceptors (Lipinski definition) is 2. The molecule has 0 saturated heterocycles. The zero-order valence-corrected chi connectivity index (χ0v) is 12.3. The summed E-state index contributed by atoms with van der Waals surface area (Å²) in [5, 5.41) is 0. The fourth-order valence-electron chi connectivity index (χ4n) is 1.54. The van der Waals surface area contributed by atoms with Crippen LogP contribution < -0.4 is 5.73 Å². The van der Waals surface area contributed by atoms with E-state index < -0.39 is 0 Å². The molecule has 0 heterocycles. The minimum Gasteiger partial charge on any atom is -0.324 e. The zero-order valence-electron chi connectivity index (χ0n) is 9.86. The first kappa shape index (κ1) is 13.6. The first-order valence-electron chi connectivity index (χ1n) is 5.54. The maximum absolute atomic E-state index is 13.1. The van der Waals surface area contributed by atoms with Crippen LogP contribution in [0, 0.1) is 5.82 Å². The standard InChI is InChI=1S/C14H13BrFNS/c1-9(17)10-5-6-14(13(15)7-10)18-12-4-2-3-11(16)8-12/h2-9H,17H2,1H3. The molecule has 0 aromatic heterocycles. The van der Waals surface area contributed by atoms with Gasteiger partial charge in [0.25, 0.3) is 0 Å². The third kappa shape index (κ3) is 3.34. The van der Waals surface area contributed by atoms with Crippen LogP contribution in [0.25, 0.3) is 0 Å². The number of rotatable bonds is 3. The average Bonchev–Trinajstić information content (AvgIpc) is 2.31. The van der Waals surface area contributed by atoms with Crippen molar-refractivity contribution >= 4 is 27.7 Å². The SMILES string of the molecule is CC(N)c1ccc(Sc2cccc(F)c2)c(Br)c1. The average molecular weight is 326 g/mol.